The number of hydrogen-bond donors (Lipinski definition) is 0. The topological polar surface area (TPSA) is 50.1 Å². The fourth-order valence-corrected chi connectivity index (χ4v) is 1.04. The lowest BCUT2D eigenvalue weighted by atomic mass is 10.1. The molecule has 0 aromatic heterocycles. The molecule has 0 amide bonds. The summed E-state index contributed by atoms with van der Waals surface area (Å²) < 4.78 is 39.6. The summed E-state index contributed by atoms with van der Waals surface area (Å²) in [5.74, 6) is -1.07. The molecule has 6 heteroatoms. The Bertz CT molecular complexity index is 460. The maximum atomic E-state index is 12.0. The third kappa shape index (κ3) is 2.98. The number of carbonyl (C=O) groups is 1. The molecule has 0 aliphatic rings. The zero-order chi connectivity index (χ0) is 12.3. The van der Waals surface area contributed by atoms with Gasteiger partial charge in [-0.1, -0.05) is 0 Å². The Morgan fingerprint density at radius 2 is 2.06 bits per heavy atom. The van der Waals surface area contributed by atoms with E-state index < -0.39 is 17.9 Å². The quantitative estimate of drug-likeness (QED) is 0.732. The number of nitrogens with zero attached hydrogens (tertiary/aromatic N) is 1. The summed E-state index contributed by atoms with van der Waals surface area (Å²) in [6.45, 7) is 1.21. The number of ether oxygens (including phenoxy) is 1. The molecule has 0 aliphatic carbocycles. The predicted molar refractivity (Wildman–Crippen MR) is 47.8 cm³/mol. The standard InChI is InChI=1S/C10H6F3NO2/c1-6(15)7-2-3-8(5-14)9(4-7)16-10(11,12)13/h2-4H,1H3. The van der Waals surface area contributed by atoms with E-state index in [1.165, 1.54) is 13.0 Å². The fraction of sp³-hybridized carbons (Fsp3) is 0.200. The van der Waals surface area contributed by atoms with Gasteiger partial charge >= 0.3 is 6.36 Å². The van der Waals surface area contributed by atoms with Crippen LogP contribution in [0.3, 0.4) is 0 Å². The first kappa shape index (κ1) is 12.0. The van der Waals surface area contributed by atoms with Crippen molar-refractivity contribution < 1.29 is 22.7 Å². The van der Waals surface area contributed by atoms with Crippen LogP contribution in [0.2, 0.25) is 0 Å². The molecule has 1 aromatic carbocycles. The molecule has 0 fully saturated rings. The van der Waals surface area contributed by atoms with Crippen molar-refractivity contribution in [2.45, 2.75) is 13.3 Å². The maximum Gasteiger partial charge on any atom is 0.573 e. The molecule has 0 aliphatic heterocycles. The summed E-state index contributed by atoms with van der Waals surface area (Å²) in [6, 6.07) is 4.82. The number of rotatable bonds is 2. The van der Waals surface area contributed by atoms with E-state index in [-0.39, 0.29) is 11.1 Å². The minimum atomic E-state index is -4.89. The van der Waals surface area contributed by atoms with Crippen LogP contribution in [0, 0.1) is 11.3 Å². The van der Waals surface area contributed by atoms with Crippen LogP contribution in [-0.2, 0) is 0 Å². The Hall–Kier alpha value is -2.03. The molecular weight excluding hydrogens is 223 g/mol. The van der Waals surface area contributed by atoms with Crippen LogP contribution in [0.15, 0.2) is 18.2 Å². The molecule has 0 saturated heterocycles. The van der Waals surface area contributed by atoms with E-state index in [2.05, 4.69) is 4.74 Å². The molecule has 1 rings (SSSR count). The van der Waals surface area contributed by atoms with Crippen molar-refractivity contribution in [1.82, 2.24) is 0 Å². The number of nitriles is 1. The summed E-state index contributed by atoms with van der Waals surface area (Å²) in [5, 5.41) is 8.56. The van der Waals surface area contributed by atoms with E-state index >= 15 is 0 Å². The van der Waals surface area contributed by atoms with E-state index in [0.29, 0.717) is 0 Å². The lowest BCUT2D eigenvalue weighted by Crippen LogP contribution is -2.18. The summed E-state index contributed by atoms with van der Waals surface area (Å²) in [7, 11) is 0. The maximum absolute atomic E-state index is 12.0. The van der Waals surface area contributed by atoms with E-state index in [1.54, 1.807) is 6.07 Å². The second kappa shape index (κ2) is 4.23. The second-order valence-corrected chi connectivity index (χ2v) is 2.93. The number of ketones is 1. The van der Waals surface area contributed by atoms with Gasteiger partial charge in [0, 0.05) is 5.56 Å². The average molecular weight is 229 g/mol. The van der Waals surface area contributed by atoms with E-state index in [4.69, 9.17) is 5.26 Å². The minimum absolute atomic E-state index is 0.0539. The number of hydrogen-bond acceptors (Lipinski definition) is 3. The zero-order valence-corrected chi connectivity index (χ0v) is 8.13. The molecule has 0 heterocycles. The number of halogens is 3. The number of alkyl halides is 3. The minimum Gasteiger partial charge on any atom is -0.404 e. The predicted octanol–water partition coefficient (Wildman–Crippen LogP) is 2.66. The smallest absolute Gasteiger partial charge is 0.404 e. The molecule has 0 atom stereocenters. The average Bonchev–Trinajstić information content (AvgIpc) is 2.15. The third-order valence-electron chi connectivity index (χ3n) is 1.73. The molecule has 0 spiro atoms. The van der Waals surface area contributed by atoms with Crippen LogP contribution >= 0.6 is 0 Å². The van der Waals surface area contributed by atoms with Gasteiger partial charge in [-0.25, -0.2) is 0 Å². The molecule has 3 nitrogen and oxygen atoms in total. The van der Waals surface area contributed by atoms with Gasteiger partial charge in [0.1, 0.15) is 11.8 Å². The van der Waals surface area contributed by atoms with Crippen LogP contribution in [0.5, 0.6) is 5.75 Å². The first-order valence-electron chi connectivity index (χ1n) is 4.14. The Morgan fingerprint density at radius 1 is 1.44 bits per heavy atom. The molecule has 0 unspecified atom stereocenters. The Balaban J connectivity index is 3.19. The third-order valence-corrected chi connectivity index (χ3v) is 1.73. The molecule has 0 radical (unpaired) electrons. The monoisotopic (exact) mass is 229 g/mol. The van der Waals surface area contributed by atoms with Gasteiger partial charge in [-0.3, -0.25) is 4.79 Å². The number of carbonyl (C=O) groups excluding carboxylic acids is 1. The second-order valence-electron chi connectivity index (χ2n) is 2.93. The van der Waals surface area contributed by atoms with Gasteiger partial charge < -0.3 is 4.74 Å². The molecule has 16 heavy (non-hydrogen) atoms. The van der Waals surface area contributed by atoms with Crippen molar-refractivity contribution in [1.29, 1.82) is 5.26 Å². The van der Waals surface area contributed by atoms with Crippen molar-refractivity contribution in [3.63, 3.8) is 0 Å². The van der Waals surface area contributed by atoms with Gasteiger partial charge in [-0.05, 0) is 25.1 Å². The first-order valence-corrected chi connectivity index (χ1v) is 4.14. The van der Waals surface area contributed by atoms with Gasteiger partial charge in [0.05, 0.1) is 5.56 Å². The Morgan fingerprint density at radius 3 is 2.50 bits per heavy atom. The van der Waals surface area contributed by atoms with Crippen LogP contribution in [-0.4, -0.2) is 12.1 Å². The normalized spacial score (nSPS) is 10.7. The van der Waals surface area contributed by atoms with Crippen LogP contribution < -0.4 is 4.74 Å². The van der Waals surface area contributed by atoms with Gasteiger partial charge in [0.2, 0.25) is 0 Å². The molecule has 0 N–H and O–H groups in total. The van der Waals surface area contributed by atoms with E-state index in [1.807, 2.05) is 0 Å². The van der Waals surface area contributed by atoms with E-state index in [9.17, 15) is 18.0 Å². The van der Waals surface area contributed by atoms with Crippen LogP contribution in [0.1, 0.15) is 22.8 Å². The SMILES string of the molecule is CC(=O)c1ccc(C#N)c(OC(F)(F)F)c1. The van der Waals surface area contributed by atoms with Crippen molar-refractivity contribution in [2.75, 3.05) is 0 Å². The zero-order valence-electron chi connectivity index (χ0n) is 8.13. The summed E-state index contributed by atoms with van der Waals surface area (Å²) in [4.78, 5) is 10.9. The summed E-state index contributed by atoms with van der Waals surface area (Å²) in [6.07, 6.45) is -4.89. The van der Waals surface area contributed by atoms with Crippen LogP contribution in [0.4, 0.5) is 13.2 Å². The highest BCUT2D eigenvalue weighted by Gasteiger charge is 2.32. The first-order chi connectivity index (χ1) is 7.33. The number of benzene rings is 1. The van der Waals surface area contributed by atoms with Crippen molar-refractivity contribution >= 4 is 5.78 Å². The van der Waals surface area contributed by atoms with Gasteiger partial charge in [0.15, 0.2) is 5.78 Å². The lowest BCUT2D eigenvalue weighted by Gasteiger charge is -2.10. The van der Waals surface area contributed by atoms with Crippen molar-refractivity contribution in [3.8, 4) is 11.8 Å². The highest BCUT2D eigenvalue weighted by Crippen LogP contribution is 2.27. The van der Waals surface area contributed by atoms with Crippen molar-refractivity contribution in [2.24, 2.45) is 0 Å². The van der Waals surface area contributed by atoms with E-state index in [0.717, 1.165) is 12.1 Å². The molecule has 0 bridgehead atoms. The molecule has 0 saturated carbocycles. The van der Waals surface area contributed by atoms with Crippen LogP contribution in [0.25, 0.3) is 0 Å². The van der Waals surface area contributed by atoms with Gasteiger partial charge in [-0.2, -0.15) is 5.26 Å². The molecular formula is C10H6F3NO2. The largest absolute Gasteiger partial charge is 0.573 e. The fourth-order valence-electron chi connectivity index (χ4n) is 1.04. The highest BCUT2D eigenvalue weighted by atomic mass is 19.4. The highest BCUT2D eigenvalue weighted by molar-refractivity contribution is 5.94. The molecule has 1 aromatic rings. The Kier molecular flexibility index (Phi) is 3.18. The summed E-state index contributed by atoms with van der Waals surface area (Å²) in [5.41, 5.74) is -0.222. The van der Waals surface area contributed by atoms with Gasteiger partial charge in [-0.15, -0.1) is 13.2 Å². The van der Waals surface area contributed by atoms with Gasteiger partial charge in [0.25, 0.3) is 0 Å². The van der Waals surface area contributed by atoms with Crippen molar-refractivity contribution in [3.05, 3.63) is 29.3 Å². The number of Topliss-reactive ketones (excluding diaryl/α,β-unsaturated/α-hetero) is 1. The molecule has 84 valence electrons. The Labute approximate surface area is 89.1 Å². The lowest BCUT2D eigenvalue weighted by molar-refractivity contribution is -0.274. The summed E-state index contributed by atoms with van der Waals surface area (Å²) >= 11 is 0.